The average Bonchev–Trinajstić information content (AvgIpc) is 2.50. The largest absolute Gasteiger partial charge is 0.316 e. The average molecular weight is 179 g/mol. The first-order valence-electron chi connectivity index (χ1n) is 4.59. The second-order valence-electron chi connectivity index (χ2n) is 3.13. The maximum atomic E-state index is 4.12. The van der Waals surface area contributed by atoms with Crippen molar-refractivity contribution in [2.24, 2.45) is 7.05 Å². The van der Waals surface area contributed by atoms with Gasteiger partial charge in [0.25, 0.3) is 0 Å². The highest BCUT2D eigenvalue weighted by Gasteiger charge is 1.95. The normalized spacial score (nSPS) is 12.1. The predicted molar refractivity (Wildman–Crippen MR) is 55.4 cm³/mol. The Balaban J connectivity index is 2.72. The Bertz CT molecular complexity index is 286. The Morgan fingerprint density at radius 3 is 2.92 bits per heavy atom. The van der Waals surface area contributed by atoms with Gasteiger partial charge < -0.3 is 5.32 Å². The molecule has 0 spiro atoms. The molecule has 0 saturated heterocycles. The van der Waals surface area contributed by atoms with Crippen molar-refractivity contribution in [2.45, 2.75) is 13.3 Å². The molecule has 13 heavy (non-hydrogen) atoms. The lowest BCUT2D eigenvalue weighted by Crippen LogP contribution is -2.09. The molecule has 1 aromatic heterocycles. The van der Waals surface area contributed by atoms with E-state index in [1.165, 1.54) is 11.1 Å². The summed E-state index contributed by atoms with van der Waals surface area (Å²) < 4.78 is 1.82. The Hall–Kier alpha value is -1.09. The molecule has 0 unspecified atom stereocenters. The summed E-state index contributed by atoms with van der Waals surface area (Å²) in [5.74, 6) is 0. The van der Waals surface area contributed by atoms with Crippen LogP contribution in [0.3, 0.4) is 0 Å². The Morgan fingerprint density at radius 1 is 1.69 bits per heavy atom. The van der Waals surface area contributed by atoms with E-state index in [1.807, 2.05) is 31.2 Å². The lowest BCUT2D eigenvalue weighted by molar-refractivity contribution is 0.767. The van der Waals surface area contributed by atoms with E-state index in [1.54, 1.807) is 0 Å². The summed E-state index contributed by atoms with van der Waals surface area (Å²) in [4.78, 5) is 0. The van der Waals surface area contributed by atoms with Crippen LogP contribution < -0.4 is 5.32 Å². The van der Waals surface area contributed by atoms with Crippen molar-refractivity contribution in [3.63, 3.8) is 0 Å². The predicted octanol–water partition coefficient (Wildman–Crippen LogP) is 1.43. The van der Waals surface area contributed by atoms with Crippen LogP contribution in [0.4, 0.5) is 0 Å². The zero-order chi connectivity index (χ0) is 9.68. The minimum atomic E-state index is 0.950. The zero-order valence-electron chi connectivity index (χ0n) is 8.54. The Morgan fingerprint density at radius 2 is 2.46 bits per heavy atom. The fourth-order valence-corrected chi connectivity index (χ4v) is 1.26. The van der Waals surface area contributed by atoms with Crippen LogP contribution in [0, 0.1) is 0 Å². The van der Waals surface area contributed by atoms with Crippen LogP contribution in [0.15, 0.2) is 18.0 Å². The summed E-state index contributed by atoms with van der Waals surface area (Å²) in [6, 6.07) is 0. The number of aryl methyl sites for hydroxylation is 1. The number of rotatable bonds is 4. The minimum Gasteiger partial charge on any atom is -0.316 e. The lowest BCUT2D eigenvalue weighted by Gasteiger charge is -2.01. The van der Waals surface area contributed by atoms with E-state index >= 15 is 0 Å². The molecule has 0 aliphatic rings. The lowest BCUT2D eigenvalue weighted by atomic mass is 10.1. The molecule has 3 heteroatoms. The molecule has 0 aliphatic carbocycles. The fourth-order valence-electron chi connectivity index (χ4n) is 1.26. The van der Waals surface area contributed by atoms with Gasteiger partial charge in [0.05, 0.1) is 6.20 Å². The summed E-state index contributed by atoms with van der Waals surface area (Å²) in [7, 11) is 3.90. The maximum Gasteiger partial charge on any atom is 0.0562 e. The number of hydrogen-bond donors (Lipinski definition) is 1. The SMILES string of the molecule is CCC(=Cc1cnn(C)c1)CNC. The molecule has 0 aromatic carbocycles. The Kier molecular flexibility index (Phi) is 3.71. The van der Waals surface area contributed by atoms with E-state index in [0.717, 1.165) is 13.0 Å². The van der Waals surface area contributed by atoms with Crippen LogP contribution in [0.5, 0.6) is 0 Å². The molecule has 0 radical (unpaired) electrons. The highest BCUT2D eigenvalue weighted by molar-refractivity contribution is 5.51. The van der Waals surface area contributed by atoms with Gasteiger partial charge in [-0.05, 0) is 13.5 Å². The van der Waals surface area contributed by atoms with E-state index in [9.17, 15) is 0 Å². The maximum absolute atomic E-state index is 4.12. The van der Waals surface area contributed by atoms with Crippen LogP contribution in [0.25, 0.3) is 6.08 Å². The second kappa shape index (κ2) is 4.82. The number of likely N-dealkylation sites (N-methyl/N-ethyl adjacent to an activating group) is 1. The van der Waals surface area contributed by atoms with Crippen molar-refractivity contribution in [2.75, 3.05) is 13.6 Å². The molecule has 1 N–H and O–H groups in total. The van der Waals surface area contributed by atoms with Crippen LogP contribution in [0.1, 0.15) is 18.9 Å². The highest BCUT2D eigenvalue weighted by Crippen LogP contribution is 2.07. The van der Waals surface area contributed by atoms with Crippen molar-refractivity contribution >= 4 is 6.08 Å². The summed E-state index contributed by atoms with van der Waals surface area (Å²) >= 11 is 0. The van der Waals surface area contributed by atoms with Crippen LogP contribution >= 0.6 is 0 Å². The van der Waals surface area contributed by atoms with E-state index in [4.69, 9.17) is 0 Å². The molecule has 0 saturated carbocycles. The molecule has 1 rings (SSSR count). The molecule has 1 aromatic rings. The molecule has 0 amide bonds. The fraction of sp³-hybridized carbons (Fsp3) is 0.500. The zero-order valence-corrected chi connectivity index (χ0v) is 8.54. The van der Waals surface area contributed by atoms with Crippen molar-refractivity contribution in [3.8, 4) is 0 Å². The molecule has 0 bridgehead atoms. The molecule has 1 heterocycles. The van der Waals surface area contributed by atoms with E-state index in [-0.39, 0.29) is 0 Å². The molecule has 72 valence electrons. The third kappa shape index (κ3) is 3.03. The van der Waals surface area contributed by atoms with Gasteiger partial charge in [0.15, 0.2) is 0 Å². The second-order valence-corrected chi connectivity index (χ2v) is 3.13. The van der Waals surface area contributed by atoms with Gasteiger partial charge in [-0.1, -0.05) is 18.6 Å². The van der Waals surface area contributed by atoms with Gasteiger partial charge in [0.2, 0.25) is 0 Å². The third-order valence-electron chi connectivity index (χ3n) is 1.95. The van der Waals surface area contributed by atoms with Gasteiger partial charge in [-0.25, -0.2) is 0 Å². The molecule has 0 fully saturated rings. The van der Waals surface area contributed by atoms with E-state index < -0.39 is 0 Å². The van der Waals surface area contributed by atoms with E-state index in [2.05, 4.69) is 23.4 Å². The van der Waals surface area contributed by atoms with E-state index in [0.29, 0.717) is 0 Å². The topological polar surface area (TPSA) is 29.9 Å². The summed E-state index contributed by atoms with van der Waals surface area (Å²) in [6.07, 6.45) is 7.16. The summed E-state index contributed by atoms with van der Waals surface area (Å²) in [6.45, 7) is 3.12. The molecule has 0 atom stereocenters. The standard InChI is InChI=1S/C10H17N3/c1-4-9(6-11-2)5-10-7-12-13(3)8-10/h5,7-8,11H,4,6H2,1-3H3. The van der Waals surface area contributed by atoms with Crippen LogP contribution in [0.2, 0.25) is 0 Å². The smallest absolute Gasteiger partial charge is 0.0562 e. The Labute approximate surface area is 79.5 Å². The van der Waals surface area contributed by atoms with Gasteiger partial charge in [0.1, 0.15) is 0 Å². The first-order chi connectivity index (χ1) is 6.26. The highest BCUT2D eigenvalue weighted by atomic mass is 15.2. The monoisotopic (exact) mass is 179 g/mol. The quantitative estimate of drug-likeness (QED) is 0.757. The molecular formula is C10H17N3. The molecule has 3 nitrogen and oxygen atoms in total. The number of aromatic nitrogens is 2. The van der Waals surface area contributed by atoms with Gasteiger partial charge >= 0.3 is 0 Å². The van der Waals surface area contributed by atoms with Gasteiger partial charge in [-0.15, -0.1) is 0 Å². The van der Waals surface area contributed by atoms with Gasteiger partial charge in [-0.3, -0.25) is 4.68 Å². The van der Waals surface area contributed by atoms with Crippen molar-refractivity contribution in [3.05, 3.63) is 23.5 Å². The first-order valence-corrected chi connectivity index (χ1v) is 4.59. The van der Waals surface area contributed by atoms with Gasteiger partial charge in [0, 0.05) is 25.4 Å². The third-order valence-corrected chi connectivity index (χ3v) is 1.95. The van der Waals surface area contributed by atoms with Crippen LogP contribution in [-0.2, 0) is 7.05 Å². The molecule has 0 aliphatic heterocycles. The summed E-state index contributed by atoms with van der Waals surface area (Å²) in [5, 5.41) is 7.27. The number of nitrogens with zero attached hydrogens (tertiary/aromatic N) is 2. The number of nitrogens with one attached hydrogen (secondary N) is 1. The van der Waals surface area contributed by atoms with Crippen molar-refractivity contribution < 1.29 is 0 Å². The van der Waals surface area contributed by atoms with Crippen molar-refractivity contribution in [1.82, 2.24) is 15.1 Å². The number of hydrogen-bond acceptors (Lipinski definition) is 2. The first kappa shape index (κ1) is 9.99. The van der Waals surface area contributed by atoms with Gasteiger partial charge in [-0.2, -0.15) is 5.10 Å². The van der Waals surface area contributed by atoms with Crippen LogP contribution in [-0.4, -0.2) is 23.4 Å². The van der Waals surface area contributed by atoms with Crippen molar-refractivity contribution in [1.29, 1.82) is 0 Å². The molecular weight excluding hydrogens is 162 g/mol. The summed E-state index contributed by atoms with van der Waals surface area (Å²) in [5.41, 5.74) is 2.57. The minimum absolute atomic E-state index is 0.950.